The summed E-state index contributed by atoms with van der Waals surface area (Å²) >= 11 is 6.23. The van der Waals surface area contributed by atoms with E-state index in [9.17, 15) is 9.59 Å². The maximum absolute atomic E-state index is 12.4. The van der Waals surface area contributed by atoms with Gasteiger partial charge in [0.2, 0.25) is 5.91 Å². The Hall–Kier alpha value is -2.73. The Morgan fingerprint density at radius 2 is 1.96 bits per heavy atom. The number of benzene rings is 2. The molecular formula is C19H21ClN2O4. The summed E-state index contributed by atoms with van der Waals surface area (Å²) in [6.45, 7) is 2.72. The lowest BCUT2D eigenvalue weighted by atomic mass is 10.1. The molecule has 0 bridgehead atoms. The van der Waals surface area contributed by atoms with E-state index in [-0.39, 0.29) is 12.5 Å². The van der Waals surface area contributed by atoms with Crippen molar-refractivity contribution in [1.82, 2.24) is 5.32 Å². The number of halogens is 1. The van der Waals surface area contributed by atoms with Crippen LogP contribution in [0.15, 0.2) is 36.4 Å². The van der Waals surface area contributed by atoms with E-state index >= 15 is 0 Å². The molecule has 0 atom stereocenters. The van der Waals surface area contributed by atoms with Crippen LogP contribution in [0.1, 0.15) is 39.6 Å². The molecule has 2 amide bonds. The molecule has 0 spiro atoms. The van der Waals surface area contributed by atoms with E-state index in [1.165, 1.54) is 13.2 Å². The Bertz CT molecular complexity index is 808. The predicted molar refractivity (Wildman–Crippen MR) is 99.9 cm³/mol. The molecule has 6 nitrogen and oxygen atoms in total. The fraction of sp³-hybridized carbons (Fsp3) is 0.263. The highest BCUT2D eigenvalue weighted by atomic mass is 35.5. The number of carbonyl (C=O) groups excluding carboxylic acids is 2. The van der Waals surface area contributed by atoms with E-state index in [2.05, 4.69) is 5.32 Å². The summed E-state index contributed by atoms with van der Waals surface area (Å²) in [6.07, 6.45) is 0.825. The van der Waals surface area contributed by atoms with Crippen LogP contribution in [0.4, 0.5) is 0 Å². The van der Waals surface area contributed by atoms with E-state index in [0.29, 0.717) is 34.3 Å². The molecule has 2 rings (SSSR count). The van der Waals surface area contributed by atoms with Crippen molar-refractivity contribution in [2.75, 3.05) is 13.7 Å². The molecule has 26 heavy (non-hydrogen) atoms. The first-order valence-corrected chi connectivity index (χ1v) is 8.51. The number of methoxy groups -OCH3 is 1. The van der Waals surface area contributed by atoms with Gasteiger partial charge in [-0.25, -0.2) is 0 Å². The first kappa shape index (κ1) is 19.6. The van der Waals surface area contributed by atoms with E-state index in [0.717, 1.165) is 12.0 Å². The molecular weight excluding hydrogens is 356 g/mol. The van der Waals surface area contributed by atoms with E-state index in [1.807, 2.05) is 6.92 Å². The van der Waals surface area contributed by atoms with Crippen LogP contribution in [0.3, 0.4) is 0 Å². The van der Waals surface area contributed by atoms with Gasteiger partial charge in [-0.05, 0) is 36.2 Å². The lowest BCUT2D eigenvalue weighted by molar-refractivity contribution is 0.0949. The molecule has 2 aromatic rings. The molecule has 3 N–H and O–H groups in total. The number of hydrogen-bond donors (Lipinski definition) is 2. The van der Waals surface area contributed by atoms with Crippen LogP contribution in [0.25, 0.3) is 0 Å². The normalized spacial score (nSPS) is 10.3. The molecule has 0 aliphatic rings. The number of ether oxygens (including phenoxy) is 2. The van der Waals surface area contributed by atoms with Crippen LogP contribution >= 0.6 is 11.6 Å². The van der Waals surface area contributed by atoms with Crippen molar-refractivity contribution in [3.05, 3.63) is 58.1 Å². The zero-order chi connectivity index (χ0) is 19.1. The summed E-state index contributed by atoms with van der Waals surface area (Å²) in [6, 6.07) is 9.87. The summed E-state index contributed by atoms with van der Waals surface area (Å²) in [7, 11) is 1.49. The van der Waals surface area contributed by atoms with E-state index in [4.69, 9.17) is 26.8 Å². The van der Waals surface area contributed by atoms with Crippen LogP contribution in [0, 0.1) is 0 Å². The van der Waals surface area contributed by atoms with Gasteiger partial charge in [0.1, 0.15) is 0 Å². The lowest BCUT2D eigenvalue weighted by Gasteiger charge is -2.14. The molecule has 0 unspecified atom stereocenters. The molecule has 0 aromatic heterocycles. The van der Waals surface area contributed by atoms with Crippen LogP contribution in [0.2, 0.25) is 5.02 Å². The predicted octanol–water partition coefficient (Wildman–Crippen LogP) is 3.17. The fourth-order valence-electron chi connectivity index (χ4n) is 2.31. The number of amides is 2. The third-order valence-corrected chi connectivity index (χ3v) is 3.89. The van der Waals surface area contributed by atoms with Crippen molar-refractivity contribution in [2.45, 2.75) is 19.9 Å². The van der Waals surface area contributed by atoms with Crippen LogP contribution in [-0.4, -0.2) is 25.5 Å². The van der Waals surface area contributed by atoms with Crippen molar-refractivity contribution in [2.24, 2.45) is 5.73 Å². The van der Waals surface area contributed by atoms with Gasteiger partial charge in [-0.1, -0.05) is 30.7 Å². The van der Waals surface area contributed by atoms with Gasteiger partial charge in [0.25, 0.3) is 5.91 Å². The fourth-order valence-corrected chi connectivity index (χ4v) is 2.58. The second kappa shape index (κ2) is 9.10. The third-order valence-electron chi connectivity index (χ3n) is 3.61. The highest BCUT2D eigenvalue weighted by molar-refractivity contribution is 6.32. The molecule has 138 valence electrons. The molecule has 0 saturated heterocycles. The Kier molecular flexibility index (Phi) is 6.86. The number of nitrogens with one attached hydrogen (secondary N) is 1. The number of primary amides is 1. The zero-order valence-electron chi connectivity index (χ0n) is 14.7. The van der Waals surface area contributed by atoms with Gasteiger partial charge >= 0.3 is 0 Å². The second-order valence-electron chi connectivity index (χ2n) is 5.59. The lowest BCUT2D eigenvalue weighted by Crippen LogP contribution is -2.23. The first-order valence-electron chi connectivity index (χ1n) is 8.13. The maximum Gasteiger partial charge on any atom is 0.251 e. The van der Waals surface area contributed by atoms with Crippen LogP contribution < -0.4 is 20.5 Å². The smallest absolute Gasteiger partial charge is 0.251 e. The third kappa shape index (κ3) is 4.89. The van der Waals surface area contributed by atoms with Crippen molar-refractivity contribution >= 4 is 23.4 Å². The SMILES string of the molecule is CCCOc1c(Cl)cc(C(=O)NCc2cccc(C(N)=O)c2)cc1OC. The average molecular weight is 377 g/mol. The van der Waals surface area contributed by atoms with Crippen molar-refractivity contribution in [1.29, 1.82) is 0 Å². The van der Waals surface area contributed by atoms with E-state index in [1.54, 1.807) is 30.3 Å². The van der Waals surface area contributed by atoms with E-state index < -0.39 is 5.91 Å². The van der Waals surface area contributed by atoms with Crippen LogP contribution in [0.5, 0.6) is 11.5 Å². The number of hydrogen-bond acceptors (Lipinski definition) is 4. The monoisotopic (exact) mass is 376 g/mol. The molecule has 2 aromatic carbocycles. The van der Waals surface area contributed by atoms with Gasteiger partial charge in [-0.2, -0.15) is 0 Å². The van der Waals surface area contributed by atoms with Crippen molar-refractivity contribution in [3.8, 4) is 11.5 Å². The molecule has 0 aliphatic heterocycles. The van der Waals surface area contributed by atoms with Gasteiger partial charge in [0.15, 0.2) is 11.5 Å². The Balaban J connectivity index is 2.13. The minimum atomic E-state index is -0.516. The maximum atomic E-state index is 12.4. The summed E-state index contributed by atoms with van der Waals surface area (Å²) < 4.78 is 10.9. The van der Waals surface area contributed by atoms with Gasteiger partial charge in [0, 0.05) is 17.7 Å². The summed E-state index contributed by atoms with van der Waals surface area (Å²) in [5.74, 6) is -0.0253. The quantitative estimate of drug-likeness (QED) is 0.740. The minimum absolute atomic E-state index is 0.244. The summed E-state index contributed by atoms with van der Waals surface area (Å²) in [5, 5.41) is 3.08. The van der Waals surface area contributed by atoms with Gasteiger partial charge in [0.05, 0.1) is 18.7 Å². The number of nitrogens with two attached hydrogens (primary N) is 1. The topological polar surface area (TPSA) is 90.6 Å². The number of rotatable bonds is 8. The average Bonchev–Trinajstić information content (AvgIpc) is 2.64. The molecule has 0 saturated carbocycles. The number of carbonyl (C=O) groups is 2. The second-order valence-corrected chi connectivity index (χ2v) is 5.99. The van der Waals surface area contributed by atoms with Gasteiger partial charge < -0.3 is 20.5 Å². The highest BCUT2D eigenvalue weighted by Crippen LogP contribution is 2.36. The van der Waals surface area contributed by atoms with Crippen LogP contribution in [-0.2, 0) is 6.54 Å². The first-order chi connectivity index (χ1) is 12.5. The van der Waals surface area contributed by atoms with Crippen molar-refractivity contribution in [3.63, 3.8) is 0 Å². The Morgan fingerprint density at radius 3 is 2.62 bits per heavy atom. The molecule has 0 aliphatic carbocycles. The zero-order valence-corrected chi connectivity index (χ0v) is 15.4. The standard InChI is InChI=1S/C19H21ClN2O4/c1-3-7-26-17-15(20)9-14(10-16(17)25-2)19(24)22-11-12-5-4-6-13(8-12)18(21)23/h4-6,8-10H,3,7,11H2,1-2H3,(H2,21,23)(H,22,24). The molecule has 0 radical (unpaired) electrons. The Morgan fingerprint density at radius 1 is 1.19 bits per heavy atom. The van der Waals surface area contributed by atoms with Crippen molar-refractivity contribution < 1.29 is 19.1 Å². The molecule has 0 fully saturated rings. The summed E-state index contributed by atoms with van der Waals surface area (Å²) in [4.78, 5) is 23.6. The molecule has 7 heteroatoms. The van der Waals surface area contributed by atoms with Gasteiger partial charge in [-0.3, -0.25) is 9.59 Å². The Labute approximate surface area is 157 Å². The summed E-state index contributed by atoms with van der Waals surface area (Å²) in [5.41, 5.74) is 6.76. The highest BCUT2D eigenvalue weighted by Gasteiger charge is 2.16. The van der Waals surface area contributed by atoms with Gasteiger partial charge in [-0.15, -0.1) is 0 Å². The minimum Gasteiger partial charge on any atom is -0.493 e. The molecule has 0 heterocycles. The largest absolute Gasteiger partial charge is 0.493 e.